The van der Waals surface area contributed by atoms with Crippen LogP contribution in [-0.2, 0) is 11.3 Å². The summed E-state index contributed by atoms with van der Waals surface area (Å²) >= 11 is 0. The van der Waals surface area contributed by atoms with Gasteiger partial charge in [0.25, 0.3) is 0 Å². The van der Waals surface area contributed by atoms with Crippen LogP contribution >= 0.6 is 0 Å². The fourth-order valence-electron chi connectivity index (χ4n) is 1.15. The molecule has 3 heteroatoms. The highest BCUT2D eigenvalue weighted by Gasteiger charge is 2.17. The maximum atomic E-state index is 13.6. The quantitative estimate of drug-likeness (QED) is 0.780. The number of nitriles is 1. The Labute approximate surface area is 95.7 Å². The topological polar surface area (TPSA) is 33.0 Å². The molecule has 1 aromatic rings. The summed E-state index contributed by atoms with van der Waals surface area (Å²) in [7, 11) is 0. The van der Waals surface area contributed by atoms with Gasteiger partial charge in [0.15, 0.2) is 0 Å². The molecule has 86 valence electrons. The summed E-state index contributed by atoms with van der Waals surface area (Å²) in [6.07, 6.45) is 0.854. The summed E-state index contributed by atoms with van der Waals surface area (Å²) in [5.74, 6) is -0.475. The zero-order valence-corrected chi connectivity index (χ0v) is 9.88. The number of nitrogens with zero attached hydrogens (tertiary/aromatic N) is 1. The highest BCUT2D eigenvalue weighted by atomic mass is 19.1. The van der Waals surface area contributed by atoms with Crippen LogP contribution in [0.25, 0.3) is 0 Å². The molecule has 0 saturated heterocycles. The van der Waals surface area contributed by atoms with Crippen molar-refractivity contribution in [2.24, 2.45) is 0 Å². The Kier molecular flexibility index (Phi) is 4.03. The number of ether oxygens (including phenoxy) is 1. The Balaban J connectivity index is 2.80. The monoisotopic (exact) mass is 221 g/mol. The van der Waals surface area contributed by atoms with Crippen LogP contribution in [0.1, 0.15) is 38.3 Å². The molecule has 0 radical (unpaired) electrons. The molecule has 0 atom stereocenters. The smallest absolute Gasteiger partial charge is 0.146 e. The Morgan fingerprint density at radius 3 is 2.69 bits per heavy atom. The number of halogens is 1. The van der Waals surface area contributed by atoms with E-state index in [2.05, 4.69) is 0 Å². The van der Waals surface area contributed by atoms with E-state index < -0.39 is 5.82 Å². The predicted molar refractivity (Wildman–Crippen MR) is 60.3 cm³/mol. The van der Waals surface area contributed by atoms with Gasteiger partial charge in [0, 0.05) is 5.56 Å². The number of rotatable bonds is 4. The van der Waals surface area contributed by atoms with Crippen LogP contribution in [0.3, 0.4) is 0 Å². The van der Waals surface area contributed by atoms with Crippen molar-refractivity contribution in [1.82, 2.24) is 0 Å². The molecule has 0 aliphatic rings. The van der Waals surface area contributed by atoms with Crippen LogP contribution in [0.4, 0.5) is 4.39 Å². The summed E-state index contributed by atoms with van der Waals surface area (Å²) in [5, 5.41) is 8.69. The number of hydrogen-bond donors (Lipinski definition) is 0. The van der Waals surface area contributed by atoms with Crippen molar-refractivity contribution >= 4 is 0 Å². The van der Waals surface area contributed by atoms with E-state index in [9.17, 15) is 4.39 Å². The standard InChI is InChI=1S/C13H16FNO/c1-4-13(2,3)16-9-11-7-5-6-10(8-15)12(11)14/h5-7H,4,9H2,1-3H3. The second kappa shape index (κ2) is 5.09. The first kappa shape index (κ1) is 12.7. The third-order valence-electron chi connectivity index (χ3n) is 2.67. The lowest BCUT2D eigenvalue weighted by atomic mass is 10.1. The lowest BCUT2D eigenvalue weighted by Crippen LogP contribution is -2.23. The fraction of sp³-hybridized carbons (Fsp3) is 0.462. The summed E-state index contributed by atoms with van der Waals surface area (Å²) in [6, 6.07) is 6.59. The van der Waals surface area contributed by atoms with Crippen LogP contribution in [-0.4, -0.2) is 5.60 Å². The molecule has 0 unspecified atom stereocenters. The van der Waals surface area contributed by atoms with Crippen LogP contribution in [0.2, 0.25) is 0 Å². The number of benzene rings is 1. The van der Waals surface area contributed by atoms with Crippen molar-refractivity contribution in [3.8, 4) is 6.07 Å². The van der Waals surface area contributed by atoms with Crippen molar-refractivity contribution < 1.29 is 9.13 Å². The molecular formula is C13H16FNO. The van der Waals surface area contributed by atoms with E-state index in [-0.39, 0.29) is 17.8 Å². The highest BCUT2D eigenvalue weighted by Crippen LogP contribution is 2.19. The summed E-state index contributed by atoms with van der Waals surface area (Å²) in [5.41, 5.74) is 0.228. The minimum atomic E-state index is -0.475. The van der Waals surface area contributed by atoms with Gasteiger partial charge in [0.1, 0.15) is 11.9 Å². The molecule has 0 saturated carbocycles. The molecule has 0 amide bonds. The molecular weight excluding hydrogens is 205 g/mol. The van der Waals surface area contributed by atoms with Gasteiger partial charge in [-0.15, -0.1) is 0 Å². The SMILES string of the molecule is CCC(C)(C)OCc1cccc(C#N)c1F. The van der Waals surface area contributed by atoms with Crippen molar-refractivity contribution in [3.63, 3.8) is 0 Å². The van der Waals surface area contributed by atoms with E-state index in [1.807, 2.05) is 26.8 Å². The van der Waals surface area contributed by atoms with Gasteiger partial charge in [0.2, 0.25) is 0 Å². The molecule has 0 N–H and O–H groups in total. The Bertz CT molecular complexity index is 407. The summed E-state index contributed by atoms with van der Waals surface area (Å²) in [6.45, 7) is 6.13. The largest absolute Gasteiger partial charge is 0.371 e. The van der Waals surface area contributed by atoms with Crippen LogP contribution < -0.4 is 0 Å². The Morgan fingerprint density at radius 1 is 1.44 bits per heavy atom. The third kappa shape index (κ3) is 3.04. The molecule has 16 heavy (non-hydrogen) atoms. The predicted octanol–water partition coefficient (Wildman–Crippen LogP) is 3.40. The van der Waals surface area contributed by atoms with Gasteiger partial charge in [-0.2, -0.15) is 5.26 Å². The van der Waals surface area contributed by atoms with Crippen LogP contribution in [0.5, 0.6) is 0 Å². The molecule has 0 heterocycles. The van der Waals surface area contributed by atoms with Crippen molar-refractivity contribution in [2.75, 3.05) is 0 Å². The van der Waals surface area contributed by atoms with E-state index in [4.69, 9.17) is 10.00 Å². The molecule has 0 aliphatic heterocycles. The number of hydrogen-bond acceptors (Lipinski definition) is 2. The first-order valence-corrected chi connectivity index (χ1v) is 5.31. The molecule has 0 fully saturated rings. The minimum Gasteiger partial charge on any atom is -0.371 e. The average molecular weight is 221 g/mol. The highest BCUT2D eigenvalue weighted by molar-refractivity contribution is 5.34. The zero-order chi connectivity index (χ0) is 12.2. The molecule has 0 spiro atoms. The molecule has 0 bridgehead atoms. The van der Waals surface area contributed by atoms with Gasteiger partial charge in [0.05, 0.1) is 17.8 Å². The minimum absolute atomic E-state index is 0.0652. The van der Waals surface area contributed by atoms with Crippen LogP contribution in [0, 0.1) is 17.1 Å². The summed E-state index contributed by atoms with van der Waals surface area (Å²) < 4.78 is 19.2. The second-order valence-electron chi connectivity index (χ2n) is 4.29. The lowest BCUT2D eigenvalue weighted by Gasteiger charge is -2.23. The van der Waals surface area contributed by atoms with Gasteiger partial charge in [-0.3, -0.25) is 0 Å². The maximum absolute atomic E-state index is 13.6. The van der Waals surface area contributed by atoms with E-state index in [0.717, 1.165) is 6.42 Å². The van der Waals surface area contributed by atoms with E-state index in [1.165, 1.54) is 6.07 Å². The molecule has 1 aromatic carbocycles. The van der Waals surface area contributed by atoms with Gasteiger partial charge in [-0.1, -0.05) is 19.1 Å². The third-order valence-corrected chi connectivity index (χ3v) is 2.67. The van der Waals surface area contributed by atoms with Crippen molar-refractivity contribution in [2.45, 2.75) is 39.4 Å². The van der Waals surface area contributed by atoms with E-state index in [1.54, 1.807) is 12.1 Å². The van der Waals surface area contributed by atoms with E-state index in [0.29, 0.717) is 5.56 Å². The van der Waals surface area contributed by atoms with Gasteiger partial charge >= 0.3 is 0 Å². The lowest BCUT2D eigenvalue weighted by molar-refractivity contribution is -0.0326. The van der Waals surface area contributed by atoms with E-state index >= 15 is 0 Å². The average Bonchev–Trinajstić information content (AvgIpc) is 2.28. The first-order valence-electron chi connectivity index (χ1n) is 5.31. The zero-order valence-electron chi connectivity index (χ0n) is 9.88. The van der Waals surface area contributed by atoms with Gasteiger partial charge in [-0.25, -0.2) is 4.39 Å². The van der Waals surface area contributed by atoms with Gasteiger partial charge in [-0.05, 0) is 26.3 Å². The van der Waals surface area contributed by atoms with Gasteiger partial charge < -0.3 is 4.74 Å². The van der Waals surface area contributed by atoms with Crippen molar-refractivity contribution in [3.05, 3.63) is 35.1 Å². The fourth-order valence-corrected chi connectivity index (χ4v) is 1.15. The second-order valence-corrected chi connectivity index (χ2v) is 4.29. The van der Waals surface area contributed by atoms with Crippen molar-refractivity contribution in [1.29, 1.82) is 5.26 Å². The Morgan fingerprint density at radius 2 is 2.12 bits per heavy atom. The maximum Gasteiger partial charge on any atom is 0.146 e. The van der Waals surface area contributed by atoms with Crippen LogP contribution in [0.15, 0.2) is 18.2 Å². The normalized spacial score (nSPS) is 11.2. The molecule has 1 rings (SSSR count). The summed E-state index contributed by atoms with van der Waals surface area (Å²) in [4.78, 5) is 0. The molecule has 0 aliphatic carbocycles. The Hall–Kier alpha value is -1.40. The first-order chi connectivity index (χ1) is 7.50. The molecule has 2 nitrogen and oxygen atoms in total. The molecule has 0 aromatic heterocycles.